The van der Waals surface area contributed by atoms with Gasteiger partial charge in [-0.3, -0.25) is 0 Å². The molecule has 0 bridgehead atoms. The number of nitrogens with one attached hydrogen (secondary N) is 1. The van der Waals surface area contributed by atoms with Gasteiger partial charge in [-0.15, -0.1) is 0 Å². The van der Waals surface area contributed by atoms with Crippen molar-refractivity contribution in [3.63, 3.8) is 0 Å². The van der Waals surface area contributed by atoms with Crippen LogP contribution in [-0.4, -0.2) is 41.1 Å². The molecule has 1 fully saturated rings. The van der Waals surface area contributed by atoms with E-state index in [4.69, 9.17) is 0 Å². The molecule has 1 saturated heterocycles. The van der Waals surface area contributed by atoms with Gasteiger partial charge in [0.05, 0.1) is 16.4 Å². The van der Waals surface area contributed by atoms with Crippen LogP contribution in [0.25, 0.3) is 0 Å². The van der Waals surface area contributed by atoms with Crippen molar-refractivity contribution in [2.45, 2.75) is 17.9 Å². The standard InChI is InChI=1S/C13H19NO4S2/c1-10-7-14-13(9-20(17,18)8-10)11-3-5-12(6-4-11)19(2,15)16/h3-6,10,13-14H,7-9H2,1-2H3. The van der Waals surface area contributed by atoms with Gasteiger partial charge in [0.1, 0.15) is 0 Å². The molecule has 0 amide bonds. The van der Waals surface area contributed by atoms with Crippen molar-refractivity contribution in [3.8, 4) is 0 Å². The van der Waals surface area contributed by atoms with Gasteiger partial charge >= 0.3 is 0 Å². The Morgan fingerprint density at radius 1 is 1.15 bits per heavy atom. The highest BCUT2D eigenvalue weighted by Crippen LogP contribution is 2.21. The summed E-state index contributed by atoms with van der Waals surface area (Å²) in [7, 11) is -6.31. The second kappa shape index (κ2) is 5.46. The van der Waals surface area contributed by atoms with Crippen molar-refractivity contribution in [2.75, 3.05) is 24.3 Å². The van der Waals surface area contributed by atoms with E-state index in [1.807, 2.05) is 6.92 Å². The van der Waals surface area contributed by atoms with E-state index < -0.39 is 19.7 Å². The van der Waals surface area contributed by atoms with E-state index in [9.17, 15) is 16.8 Å². The molecule has 0 saturated carbocycles. The average molecular weight is 317 g/mol. The molecule has 20 heavy (non-hydrogen) atoms. The maximum absolute atomic E-state index is 12.0. The zero-order chi connectivity index (χ0) is 15.0. The highest BCUT2D eigenvalue weighted by atomic mass is 32.2. The second-order valence-electron chi connectivity index (χ2n) is 5.48. The van der Waals surface area contributed by atoms with Crippen LogP contribution >= 0.6 is 0 Å². The molecule has 5 nitrogen and oxygen atoms in total. The topological polar surface area (TPSA) is 80.3 Å². The number of hydrogen-bond acceptors (Lipinski definition) is 5. The van der Waals surface area contributed by atoms with Crippen LogP contribution in [0, 0.1) is 5.92 Å². The first-order valence-corrected chi connectivity index (χ1v) is 10.1. The molecular weight excluding hydrogens is 298 g/mol. The molecule has 112 valence electrons. The molecular formula is C13H19NO4S2. The van der Waals surface area contributed by atoms with Crippen LogP contribution in [0.1, 0.15) is 18.5 Å². The first-order chi connectivity index (χ1) is 9.17. The Kier molecular flexibility index (Phi) is 4.22. The lowest BCUT2D eigenvalue weighted by Gasteiger charge is -2.16. The van der Waals surface area contributed by atoms with Gasteiger partial charge in [-0.05, 0) is 30.2 Å². The van der Waals surface area contributed by atoms with E-state index in [0.717, 1.165) is 11.8 Å². The van der Waals surface area contributed by atoms with Crippen LogP contribution in [0.15, 0.2) is 29.2 Å². The van der Waals surface area contributed by atoms with Crippen LogP contribution in [-0.2, 0) is 19.7 Å². The summed E-state index contributed by atoms with van der Waals surface area (Å²) in [5.74, 6) is 0.327. The lowest BCUT2D eigenvalue weighted by atomic mass is 10.1. The van der Waals surface area contributed by atoms with Gasteiger partial charge in [-0.25, -0.2) is 16.8 Å². The highest BCUT2D eigenvalue weighted by molar-refractivity contribution is 7.91. The van der Waals surface area contributed by atoms with Crippen LogP contribution in [0.3, 0.4) is 0 Å². The zero-order valence-corrected chi connectivity index (χ0v) is 13.2. The number of hydrogen-bond donors (Lipinski definition) is 1. The van der Waals surface area contributed by atoms with Gasteiger partial charge in [0.25, 0.3) is 0 Å². The smallest absolute Gasteiger partial charge is 0.175 e. The molecule has 7 heteroatoms. The molecule has 1 aliphatic heterocycles. The quantitative estimate of drug-likeness (QED) is 0.872. The SMILES string of the molecule is CC1CNC(c2ccc(S(C)(=O)=O)cc2)CS(=O)(=O)C1. The molecule has 0 aromatic heterocycles. The summed E-state index contributed by atoms with van der Waals surface area (Å²) in [4.78, 5) is 0.242. The second-order valence-corrected chi connectivity index (χ2v) is 9.65. The number of benzene rings is 1. The van der Waals surface area contributed by atoms with E-state index in [1.54, 1.807) is 12.1 Å². The molecule has 0 aliphatic carbocycles. The maximum Gasteiger partial charge on any atom is 0.175 e. The van der Waals surface area contributed by atoms with Crippen molar-refractivity contribution in [3.05, 3.63) is 29.8 Å². The fourth-order valence-corrected chi connectivity index (χ4v) is 4.95. The molecule has 2 rings (SSSR count). The summed E-state index contributed by atoms with van der Waals surface area (Å²) in [6.45, 7) is 2.54. The van der Waals surface area contributed by atoms with Crippen molar-refractivity contribution in [1.82, 2.24) is 5.32 Å². The Bertz CT molecular complexity index is 678. The van der Waals surface area contributed by atoms with Gasteiger partial charge in [0.15, 0.2) is 19.7 Å². The Morgan fingerprint density at radius 2 is 1.75 bits per heavy atom. The van der Waals surface area contributed by atoms with Crippen molar-refractivity contribution >= 4 is 19.7 Å². The van der Waals surface area contributed by atoms with Gasteiger partial charge in [-0.1, -0.05) is 19.1 Å². The summed E-state index contributed by atoms with van der Waals surface area (Å²) >= 11 is 0. The Labute approximate surface area is 120 Å². The van der Waals surface area contributed by atoms with E-state index >= 15 is 0 Å². The van der Waals surface area contributed by atoms with Crippen LogP contribution in [0.4, 0.5) is 0 Å². The predicted octanol–water partition coefficient (Wildman–Crippen LogP) is 0.785. The third-order valence-corrected chi connectivity index (χ3v) is 6.43. The normalized spacial score (nSPS) is 26.9. The number of rotatable bonds is 2. The third-order valence-electron chi connectivity index (χ3n) is 3.38. The summed E-state index contributed by atoms with van der Waals surface area (Å²) in [6.07, 6.45) is 1.15. The summed E-state index contributed by atoms with van der Waals surface area (Å²) in [5, 5.41) is 3.23. The average Bonchev–Trinajstić information content (AvgIpc) is 2.46. The minimum absolute atomic E-state index is 0.0512. The van der Waals surface area contributed by atoms with Gasteiger partial charge in [-0.2, -0.15) is 0 Å². The van der Waals surface area contributed by atoms with Gasteiger partial charge in [0.2, 0.25) is 0 Å². The Morgan fingerprint density at radius 3 is 2.30 bits per heavy atom. The van der Waals surface area contributed by atoms with Gasteiger partial charge < -0.3 is 5.32 Å². The maximum atomic E-state index is 12.0. The van der Waals surface area contributed by atoms with E-state index in [-0.39, 0.29) is 28.4 Å². The molecule has 2 unspecified atom stereocenters. The first kappa shape index (κ1) is 15.5. The fraction of sp³-hybridized carbons (Fsp3) is 0.538. The van der Waals surface area contributed by atoms with Crippen molar-refractivity contribution in [2.24, 2.45) is 5.92 Å². The minimum Gasteiger partial charge on any atom is -0.309 e. The molecule has 0 radical (unpaired) electrons. The highest BCUT2D eigenvalue weighted by Gasteiger charge is 2.27. The summed E-state index contributed by atoms with van der Waals surface area (Å²) < 4.78 is 46.7. The van der Waals surface area contributed by atoms with E-state index in [1.165, 1.54) is 12.1 Å². The lowest BCUT2D eigenvalue weighted by Crippen LogP contribution is -2.26. The Balaban J connectivity index is 2.27. The molecule has 1 aromatic rings. The van der Waals surface area contributed by atoms with Crippen LogP contribution in [0.5, 0.6) is 0 Å². The van der Waals surface area contributed by atoms with E-state index in [0.29, 0.717) is 6.54 Å². The monoisotopic (exact) mass is 317 g/mol. The summed E-state index contributed by atoms with van der Waals surface area (Å²) in [5.41, 5.74) is 0.801. The fourth-order valence-electron chi connectivity index (χ4n) is 2.38. The van der Waals surface area contributed by atoms with Crippen molar-refractivity contribution in [1.29, 1.82) is 0 Å². The number of sulfone groups is 2. The third kappa shape index (κ3) is 3.80. The lowest BCUT2D eigenvalue weighted by molar-refractivity contribution is 0.517. The molecule has 1 aliphatic rings. The predicted molar refractivity (Wildman–Crippen MR) is 78.1 cm³/mol. The van der Waals surface area contributed by atoms with Gasteiger partial charge in [0, 0.05) is 12.3 Å². The minimum atomic E-state index is -3.23. The van der Waals surface area contributed by atoms with Crippen molar-refractivity contribution < 1.29 is 16.8 Å². The largest absolute Gasteiger partial charge is 0.309 e. The molecule has 0 spiro atoms. The molecule has 1 heterocycles. The Hall–Kier alpha value is -0.920. The summed E-state index contributed by atoms with van der Waals surface area (Å²) in [6, 6.07) is 6.12. The molecule has 2 atom stereocenters. The van der Waals surface area contributed by atoms with Crippen LogP contribution < -0.4 is 5.32 Å². The first-order valence-electron chi connectivity index (χ1n) is 6.41. The van der Waals surface area contributed by atoms with Crippen LogP contribution in [0.2, 0.25) is 0 Å². The molecule has 1 N–H and O–H groups in total. The molecule has 1 aromatic carbocycles. The van der Waals surface area contributed by atoms with E-state index in [2.05, 4.69) is 5.32 Å². The zero-order valence-electron chi connectivity index (χ0n) is 11.5.